The first kappa shape index (κ1) is 16.6. The van der Waals surface area contributed by atoms with E-state index in [4.69, 9.17) is 9.84 Å². The van der Waals surface area contributed by atoms with Gasteiger partial charge in [-0.1, -0.05) is 31.2 Å². The predicted octanol–water partition coefficient (Wildman–Crippen LogP) is 5.39. The fourth-order valence-electron chi connectivity index (χ4n) is 3.48. The lowest BCUT2D eigenvalue weighted by atomic mass is 9.88. The molecule has 1 aliphatic carbocycles. The first-order chi connectivity index (χ1) is 11.6. The van der Waals surface area contributed by atoms with Crippen LogP contribution in [0, 0.1) is 18.8 Å². The van der Waals surface area contributed by atoms with Crippen LogP contribution in [-0.4, -0.2) is 11.1 Å². The number of carbonyl (C=O) groups is 1. The molecule has 3 rings (SSSR count). The van der Waals surface area contributed by atoms with Crippen LogP contribution in [0.2, 0.25) is 0 Å². The second-order valence-electron chi connectivity index (χ2n) is 6.71. The molecule has 0 spiro atoms. The van der Waals surface area contributed by atoms with Crippen molar-refractivity contribution in [1.29, 1.82) is 0 Å². The van der Waals surface area contributed by atoms with E-state index in [1.807, 2.05) is 36.4 Å². The molecule has 0 radical (unpaired) electrons. The van der Waals surface area contributed by atoms with Crippen molar-refractivity contribution in [2.24, 2.45) is 11.8 Å². The van der Waals surface area contributed by atoms with Gasteiger partial charge in [0, 0.05) is 0 Å². The molecule has 1 fully saturated rings. The molecule has 0 heterocycles. The van der Waals surface area contributed by atoms with Gasteiger partial charge in [0.15, 0.2) is 0 Å². The molecule has 3 atom stereocenters. The number of hydrogen-bond acceptors (Lipinski definition) is 2. The van der Waals surface area contributed by atoms with Crippen LogP contribution in [0.15, 0.2) is 48.5 Å². The summed E-state index contributed by atoms with van der Waals surface area (Å²) >= 11 is 0. The molecule has 1 saturated carbocycles. The van der Waals surface area contributed by atoms with Crippen LogP contribution in [0.1, 0.15) is 43.2 Å². The highest BCUT2D eigenvalue weighted by atomic mass is 16.5. The fourth-order valence-corrected chi connectivity index (χ4v) is 3.48. The number of carboxylic acids is 1. The third-order valence-corrected chi connectivity index (χ3v) is 4.98. The van der Waals surface area contributed by atoms with Gasteiger partial charge in [-0.25, -0.2) is 0 Å². The number of carboxylic acid groups (broad SMARTS) is 1. The van der Waals surface area contributed by atoms with Gasteiger partial charge in [0.1, 0.15) is 11.5 Å². The number of aryl methyl sites for hydroxylation is 1. The van der Waals surface area contributed by atoms with E-state index in [1.165, 1.54) is 11.1 Å². The van der Waals surface area contributed by atoms with Crippen LogP contribution in [-0.2, 0) is 4.79 Å². The lowest BCUT2D eigenvalue weighted by Crippen LogP contribution is -2.05. The molecule has 1 aliphatic rings. The summed E-state index contributed by atoms with van der Waals surface area (Å²) in [5.41, 5.74) is 2.52. The monoisotopic (exact) mass is 324 g/mol. The minimum atomic E-state index is -0.641. The Kier molecular flexibility index (Phi) is 4.89. The summed E-state index contributed by atoms with van der Waals surface area (Å²) in [5.74, 6) is 1.67. The van der Waals surface area contributed by atoms with Crippen molar-refractivity contribution in [3.8, 4) is 11.5 Å². The SMILES string of the molecule is CCC(CC1CC1C(=O)O)c1ccc(Oc2ccccc2)cc1C. The van der Waals surface area contributed by atoms with Crippen molar-refractivity contribution in [1.82, 2.24) is 0 Å². The highest BCUT2D eigenvalue weighted by molar-refractivity contribution is 5.73. The van der Waals surface area contributed by atoms with Gasteiger partial charge in [0.25, 0.3) is 0 Å². The van der Waals surface area contributed by atoms with Crippen molar-refractivity contribution in [3.63, 3.8) is 0 Å². The molecule has 0 amide bonds. The van der Waals surface area contributed by atoms with Crippen molar-refractivity contribution < 1.29 is 14.6 Å². The van der Waals surface area contributed by atoms with Crippen molar-refractivity contribution in [2.75, 3.05) is 0 Å². The van der Waals surface area contributed by atoms with Gasteiger partial charge in [-0.15, -0.1) is 0 Å². The van der Waals surface area contributed by atoms with Gasteiger partial charge in [-0.05, 0) is 73.4 Å². The van der Waals surface area contributed by atoms with Gasteiger partial charge in [-0.3, -0.25) is 4.79 Å². The highest BCUT2D eigenvalue weighted by Gasteiger charge is 2.43. The van der Waals surface area contributed by atoms with Gasteiger partial charge in [0.05, 0.1) is 5.92 Å². The normalized spacial score (nSPS) is 20.4. The number of ether oxygens (including phenoxy) is 1. The van der Waals surface area contributed by atoms with Crippen molar-refractivity contribution >= 4 is 5.97 Å². The zero-order chi connectivity index (χ0) is 17.1. The van der Waals surface area contributed by atoms with Crippen LogP contribution in [0.3, 0.4) is 0 Å². The van der Waals surface area contributed by atoms with Crippen LogP contribution >= 0.6 is 0 Å². The Hall–Kier alpha value is -2.29. The number of para-hydroxylation sites is 1. The number of benzene rings is 2. The summed E-state index contributed by atoms with van der Waals surface area (Å²) in [4.78, 5) is 11.0. The zero-order valence-electron chi connectivity index (χ0n) is 14.2. The highest BCUT2D eigenvalue weighted by Crippen LogP contribution is 2.46. The summed E-state index contributed by atoms with van der Waals surface area (Å²) in [7, 11) is 0. The van der Waals surface area contributed by atoms with E-state index in [2.05, 4.69) is 26.0 Å². The van der Waals surface area contributed by atoms with E-state index in [0.717, 1.165) is 30.8 Å². The van der Waals surface area contributed by atoms with Gasteiger partial charge in [0.2, 0.25) is 0 Å². The van der Waals surface area contributed by atoms with Crippen LogP contribution in [0.25, 0.3) is 0 Å². The lowest BCUT2D eigenvalue weighted by molar-refractivity contribution is -0.138. The molecule has 0 saturated heterocycles. The van der Waals surface area contributed by atoms with E-state index in [-0.39, 0.29) is 5.92 Å². The Morgan fingerprint density at radius 2 is 1.96 bits per heavy atom. The second-order valence-corrected chi connectivity index (χ2v) is 6.71. The molecule has 3 nitrogen and oxygen atoms in total. The molecular formula is C21H24O3. The molecule has 3 unspecified atom stereocenters. The first-order valence-electron chi connectivity index (χ1n) is 8.64. The Balaban J connectivity index is 1.70. The van der Waals surface area contributed by atoms with Crippen LogP contribution in [0.4, 0.5) is 0 Å². The Bertz CT molecular complexity index is 708. The van der Waals surface area contributed by atoms with Crippen LogP contribution in [0.5, 0.6) is 11.5 Å². The standard InChI is InChI=1S/C21H24O3/c1-3-15(12-16-13-20(16)21(22)23)19-10-9-18(11-14(19)2)24-17-7-5-4-6-8-17/h4-11,15-16,20H,3,12-13H2,1-2H3,(H,22,23). The number of aliphatic carboxylic acids is 1. The summed E-state index contributed by atoms with van der Waals surface area (Å²) in [5, 5.41) is 9.09. The first-order valence-corrected chi connectivity index (χ1v) is 8.64. The molecule has 0 aliphatic heterocycles. The van der Waals surface area contributed by atoms with E-state index in [1.54, 1.807) is 0 Å². The van der Waals surface area contributed by atoms with E-state index >= 15 is 0 Å². The topological polar surface area (TPSA) is 46.5 Å². The summed E-state index contributed by atoms with van der Waals surface area (Å²) in [6.07, 6.45) is 2.83. The Morgan fingerprint density at radius 1 is 1.21 bits per heavy atom. The van der Waals surface area contributed by atoms with Crippen molar-refractivity contribution in [2.45, 2.75) is 39.0 Å². The average Bonchev–Trinajstić information content (AvgIpc) is 3.34. The third kappa shape index (κ3) is 3.78. The molecule has 1 N–H and O–H groups in total. The third-order valence-electron chi connectivity index (χ3n) is 4.98. The molecule has 126 valence electrons. The summed E-state index contributed by atoms with van der Waals surface area (Å²) in [6.45, 7) is 4.29. The van der Waals surface area contributed by atoms with Gasteiger partial charge < -0.3 is 9.84 Å². The number of rotatable bonds is 7. The summed E-state index contributed by atoms with van der Waals surface area (Å²) in [6, 6.07) is 16.0. The van der Waals surface area contributed by atoms with Gasteiger partial charge >= 0.3 is 5.97 Å². The van der Waals surface area contributed by atoms with Crippen molar-refractivity contribution in [3.05, 3.63) is 59.7 Å². The maximum absolute atomic E-state index is 11.0. The number of hydrogen-bond donors (Lipinski definition) is 1. The molecular weight excluding hydrogens is 300 g/mol. The molecule has 2 aromatic rings. The average molecular weight is 324 g/mol. The minimum absolute atomic E-state index is 0.125. The molecule has 0 bridgehead atoms. The fraction of sp³-hybridized carbons (Fsp3) is 0.381. The molecule has 2 aromatic carbocycles. The smallest absolute Gasteiger partial charge is 0.306 e. The Labute approximate surface area is 143 Å². The van der Waals surface area contributed by atoms with E-state index in [9.17, 15) is 4.79 Å². The minimum Gasteiger partial charge on any atom is -0.481 e. The van der Waals surface area contributed by atoms with E-state index in [0.29, 0.717) is 11.8 Å². The lowest BCUT2D eigenvalue weighted by Gasteiger charge is -2.18. The second kappa shape index (κ2) is 7.08. The molecule has 0 aromatic heterocycles. The van der Waals surface area contributed by atoms with Crippen LogP contribution < -0.4 is 4.74 Å². The predicted molar refractivity (Wildman–Crippen MR) is 94.6 cm³/mol. The zero-order valence-corrected chi connectivity index (χ0v) is 14.2. The Morgan fingerprint density at radius 3 is 2.54 bits per heavy atom. The van der Waals surface area contributed by atoms with E-state index < -0.39 is 5.97 Å². The summed E-state index contributed by atoms with van der Waals surface area (Å²) < 4.78 is 5.89. The quantitative estimate of drug-likeness (QED) is 0.742. The largest absolute Gasteiger partial charge is 0.481 e. The van der Waals surface area contributed by atoms with Gasteiger partial charge in [-0.2, -0.15) is 0 Å². The maximum atomic E-state index is 11.0. The molecule has 24 heavy (non-hydrogen) atoms. The maximum Gasteiger partial charge on any atom is 0.306 e. The molecule has 3 heteroatoms.